The van der Waals surface area contributed by atoms with Gasteiger partial charge in [0.1, 0.15) is 61.0 Å². The number of halogens is 2. The van der Waals surface area contributed by atoms with E-state index in [0.717, 1.165) is 11.6 Å². The summed E-state index contributed by atoms with van der Waals surface area (Å²) in [6, 6.07) is 11.1. The molecule has 18 heteroatoms. The van der Waals surface area contributed by atoms with Crippen LogP contribution < -0.4 is 24.5 Å². The van der Waals surface area contributed by atoms with Gasteiger partial charge in [-0.25, -0.2) is 27.1 Å². The molecule has 60 heavy (non-hydrogen) atoms. The number of carbonyl (C=O) groups is 2. The summed E-state index contributed by atoms with van der Waals surface area (Å²) in [6.07, 6.45) is 8.39. The van der Waals surface area contributed by atoms with Crippen LogP contribution in [-0.4, -0.2) is 63.5 Å². The monoisotopic (exact) mass is 902 g/mol. The zero-order valence-corrected chi connectivity index (χ0v) is 36.5. The number of aromatic hydroxyl groups is 3. The number of phenolic OH excluding ortho intramolecular Hbond substituents is 3. The summed E-state index contributed by atoms with van der Waals surface area (Å²) in [6.45, 7) is 7.63. The summed E-state index contributed by atoms with van der Waals surface area (Å²) in [7, 11) is -5.34. The van der Waals surface area contributed by atoms with E-state index < -0.39 is 31.6 Å². The number of hydrogen-bond donors (Lipinski definition) is 5. The van der Waals surface area contributed by atoms with Crippen molar-refractivity contribution in [3.63, 3.8) is 0 Å². The number of carbonyl (C=O) groups excluding carboxylic acids is 2. The Bertz CT molecular complexity index is 2670. The quantitative estimate of drug-likeness (QED) is 0.0527. The maximum Gasteiger partial charge on any atom is 0.239 e. The molecule has 1 aliphatic heterocycles. The molecule has 0 radical (unpaired) electrons. The van der Waals surface area contributed by atoms with Crippen LogP contribution in [0.3, 0.4) is 0 Å². The van der Waals surface area contributed by atoms with Crippen molar-refractivity contribution < 1.29 is 56.0 Å². The third-order valence-electron chi connectivity index (χ3n) is 9.06. The fraction of sp³-hybridized carbons (Fsp3) is 0.238. The van der Waals surface area contributed by atoms with E-state index in [4.69, 9.17) is 47.7 Å². The Morgan fingerprint density at radius 3 is 1.70 bits per heavy atom. The van der Waals surface area contributed by atoms with Crippen molar-refractivity contribution in [2.45, 2.75) is 62.3 Å². The van der Waals surface area contributed by atoms with Gasteiger partial charge < -0.3 is 29.5 Å². The molecule has 0 aliphatic carbocycles. The highest BCUT2D eigenvalue weighted by molar-refractivity contribution is 7.89. The Balaban J connectivity index is 0.000000265. The summed E-state index contributed by atoms with van der Waals surface area (Å²) < 4.78 is 62.8. The van der Waals surface area contributed by atoms with Crippen molar-refractivity contribution in [1.82, 2.24) is 0 Å². The number of fused-ring (bicyclic) bond motifs is 1. The number of primary sulfonamides is 2. The van der Waals surface area contributed by atoms with Gasteiger partial charge in [0.05, 0.1) is 24.3 Å². The van der Waals surface area contributed by atoms with Gasteiger partial charge in [-0.1, -0.05) is 59.1 Å². The molecule has 7 N–H and O–H groups in total. The highest BCUT2D eigenvalue weighted by Gasteiger charge is 2.32. The highest BCUT2D eigenvalue weighted by atomic mass is 35.5. The second kappa shape index (κ2) is 18.9. The summed E-state index contributed by atoms with van der Waals surface area (Å²) in [5, 5.41) is 41.8. The predicted octanol–water partition coefficient (Wildman–Crippen LogP) is 7.51. The lowest BCUT2D eigenvalue weighted by molar-refractivity contribution is 0.0831. The molecule has 0 saturated carbocycles. The van der Waals surface area contributed by atoms with E-state index in [2.05, 4.69) is 0 Å². The zero-order chi connectivity index (χ0) is 44.9. The maximum absolute atomic E-state index is 12.8. The van der Waals surface area contributed by atoms with Gasteiger partial charge in [0, 0.05) is 23.3 Å². The van der Waals surface area contributed by atoms with Crippen LogP contribution in [0.15, 0.2) is 82.1 Å². The highest BCUT2D eigenvalue weighted by Crippen LogP contribution is 2.45. The Morgan fingerprint density at radius 2 is 1.25 bits per heavy atom. The molecule has 1 heterocycles. The van der Waals surface area contributed by atoms with Crippen LogP contribution in [0, 0.1) is 0 Å². The van der Waals surface area contributed by atoms with Crippen LogP contribution in [0.1, 0.15) is 77.1 Å². The second-order valence-electron chi connectivity index (χ2n) is 14.3. The lowest BCUT2D eigenvalue weighted by atomic mass is 9.91. The minimum atomic E-state index is -4.03. The first-order valence-electron chi connectivity index (χ1n) is 17.8. The molecule has 5 rings (SSSR count). The number of phenols is 3. The van der Waals surface area contributed by atoms with Crippen molar-refractivity contribution >= 4 is 67.0 Å². The molecule has 320 valence electrons. The third-order valence-corrected chi connectivity index (χ3v) is 11.8. The largest absolute Gasteiger partial charge is 0.507 e. The molecule has 0 aromatic heterocycles. The molecule has 4 aromatic rings. The van der Waals surface area contributed by atoms with E-state index in [-0.39, 0.29) is 77.3 Å². The van der Waals surface area contributed by atoms with Gasteiger partial charge in [-0.2, -0.15) is 0 Å². The Hall–Kier alpha value is -5.36. The number of nitrogens with two attached hydrogens (primary N) is 2. The van der Waals surface area contributed by atoms with E-state index in [9.17, 15) is 41.7 Å². The van der Waals surface area contributed by atoms with E-state index in [1.165, 1.54) is 68.8 Å². The molecule has 0 saturated heterocycles. The number of hydrogen-bond acceptors (Lipinski definition) is 12. The maximum atomic E-state index is 12.8. The zero-order valence-electron chi connectivity index (χ0n) is 33.4. The topological polar surface area (TPSA) is 243 Å². The standard InChI is InChI=1S/2C21H22ClNO6S/c1-21(2)9-8-13-16(29-21)11-17(28-3)19(20(13)25)15(24)7-5-12-4-6-14(22)18(10-12)30(23,26)27;1-12(2)4-7-14-17(25)11-18(29-3)20(21(14)26)16(24)9-6-13-5-8-15(22)19(10-13)30(23,27)28/h4-7,10-11,25H,8-9H2,1-3H3,(H2,23,26,27);4-6,8-11,25-26H,7H2,1-3H3,(H2,23,27,28)/b7-5+;9-6+. The van der Waals surface area contributed by atoms with Crippen LogP contribution in [0.5, 0.6) is 34.5 Å². The van der Waals surface area contributed by atoms with E-state index >= 15 is 0 Å². The fourth-order valence-electron chi connectivity index (χ4n) is 5.94. The van der Waals surface area contributed by atoms with E-state index in [1.807, 2.05) is 27.7 Å². The second-order valence-corrected chi connectivity index (χ2v) is 18.2. The van der Waals surface area contributed by atoms with E-state index in [0.29, 0.717) is 35.3 Å². The average molecular weight is 904 g/mol. The van der Waals surface area contributed by atoms with Gasteiger partial charge >= 0.3 is 0 Å². The summed E-state index contributed by atoms with van der Waals surface area (Å²) in [4.78, 5) is 25.1. The van der Waals surface area contributed by atoms with Crippen LogP contribution in [0.2, 0.25) is 10.0 Å². The minimum absolute atomic E-state index is 0.00179. The molecule has 0 fully saturated rings. The molecule has 1 aliphatic rings. The smallest absolute Gasteiger partial charge is 0.239 e. The first kappa shape index (κ1) is 47.3. The average Bonchev–Trinajstić information content (AvgIpc) is 3.15. The molecule has 0 atom stereocenters. The van der Waals surface area contributed by atoms with Crippen molar-refractivity contribution in [3.8, 4) is 34.5 Å². The van der Waals surface area contributed by atoms with Crippen LogP contribution >= 0.6 is 23.2 Å². The summed E-state index contributed by atoms with van der Waals surface area (Å²) in [5.41, 5.74) is 1.99. The lowest BCUT2D eigenvalue weighted by Crippen LogP contribution is -2.32. The van der Waals surface area contributed by atoms with Crippen molar-refractivity contribution in [2.24, 2.45) is 10.3 Å². The van der Waals surface area contributed by atoms with Crippen molar-refractivity contribution in [3.05, 3.63) is 116 Å². The predicted molar refractivity (Wildman–Crippen MR) is 230 cm³/mol. The number of sulfonamides is 2. The Morgan fingerprint density at radius 1 is 0.783 bits per heavy atom. The Kier molecular flexibility index (Phi) is 14.9. The molecule has 0 bridgehead atoms. The molecule has 0 spiro atoms. The fourth-order valence-corrected chi connectivity index (χ4v) is 8.10. The van der Waals surface area contributed by atoms with Crippen LogP contribution in [-0.2, 0) is 32.9 Å². The number of rotatable bonds is 12. The van der Waals surface area contributed by atoms with Gasteiger partial charge in [0.25, 0.3) is 0 Å². The van der Waals surface area contributed by atoms with Crippen LogP contribution in [0.25, 0.3) is 12.2 Å². The van der Waals surface area contributed by atoms with Gasteiger partial charge in [0.2, 0.25) is 20.0 Å². The molecule has 14 nitrogen and oxygen atoms in total. The molecular weight excluding hydrogens is 860 g/mol. The molecular formula is C42H44Cl2N2O12S2. The molecule has 0 unspecified atom stereocenters. The number of methoxy groups -OCH3 is 2. The normalized spacial score (nSPS) is 13.5. The first-order valence-corrected chi connectivity index (χ1v) is 21.7. The van der Waals surface area contributed by atoms with Crippen molar-refractivity contribution in [1.29, 1.82) is 0 Å². The van der Waals surface area contributed by atoms with Crippen LogP contribution in [0.4, 0.5) is 0 Å². The van der Waals surface area contributed by atoms with Gasteiger partial charge in [-0.15, -0.1) is 0 Å². The van der Waals surface area contributed by atoms with Gasteiger partial charge in [0.15, 0.2) is 11.6 Å². The minimum Gasteiger partial charge on any atom is -0.507 e. The lowest BCUT2D eigenvalue weighted by Gasteiger charge is -2.33. The summed E-state index contributed by atoms with van der Waals surface area (Å²) in [5.74, 6) is -1.22. The van der Waals surface area contributed by atoms with Crippen molar-refractivity contribution in [2.75, 3.05) is 14.2 Å². The third kappa shape index (κ3) is 11.5. The Labute approximate surface area is 358 Å². The number of benzene rings is 4. The molecule has 4 aromatic carbocycles. The van der Waals surface area contributed by atoms with E-state index in [1.54, 1.807) is 18.2 Å². The number of allylic oxidation sites excluding steroid dienone is 4. The first-order chi connectivity index (χ1) is 27.9. The SMILES string of the molecule is COc1cc(O)c(CC=C(C)C)c(O)c1C(=O)/C=C/c1ccc(Cl)c(S(N)(=O)=O)c1.COc1cc2c(c(O)c1C(=O)/C=C/c1ccc(Cl)c(S(N)(=O)=O)c1)CCC(C)(C)O2. The number of ketones is 2. The van der Waals surface area contributed by atoms with Gasteiger partial charge in [-0.3, -0.25) is 9.59 Å². The number of ether oxygens (including phenoxy) is 3. The van der Waals surface area contributed by atoms with Gasteiger partial charge in [-0.05, 0) is 94.5 Å². The molecule has 0 amide bonds. The summed E-state index contributed by atoms with van der Waals surface area (Å²) >= 11 is 11.7.